The summed E-state index contributed by atoms with van der Waals surface area (Å²) in [5.41, 5.74) is 9.40. The first kappa shape index (κ1) is 36.4. The van der Waals surface area contributed by atoms with E-state index in [1.54, 1.807) is 29.2 Å². The summed E-state index contributed by atoms with van der Waals surface area (Å²) >= 11 is 0. The van der Waals surface area contributed by atoms with E-state index < -0.39 is 29.3 Å². The number of fused-ring (bicyclic) bond motifs is 5. The molecule has 0 saturated carbocycles. The van der Waals surface area contributed by atoms with Crippen LogP contribution in [0.3, 0.4) is 0 Å². The van der Waals surface area contributed by atoms with E-state index >= 15 is 4.39 Å². The van der Waals surface area contributed by atoms with Crippen LogP contribution in [0.1, 0.15) is 43.2 Å². The van der Waals surface area contributed by atoms with E-state index in [-0.39, 0.29) is 69.3 Å². The summed E-state index contributed by atoms with van der Waals surface area (Å²) in [4.78, 5) is 37.0. The molecule has 6 heterocycles. The van der Waals surface area contributed by atoms with Crippen molar-refractivity contribution in [2.75, 3.05) is 44.8 Å². The van der Waals surface area contributed by atoms with Gasteiger partial charge >= 0.3 is 17.6 Å². The molecule has 4 atom stereocenters. The van der Waals surface area contributed by atoms with E-state index in [1.165, 1.54) is 37.6 Å². The minimum Gasteiger partial charge on any atom is -0.508 e. The van der Waals surface area contributed by atoms with Gasteiger partial charge in [0, 0.05) is 43.2 Å². The number of carbonyl (C=O) groups excluding carboxylic acids is 1. The largest absolute Gasteiger partial charge is 0.508 e. The number of pyridine rings is 1. The molecule has 4 aliphatic heterocycles. The standard InChI is InChI=1S/C42H37F3N8O4/c1-3-30-33(44)12-7-24-15-28(54)16-31(34(24)30)37-35(45)38-32(18-47-37)39(49-41(48-38)57-22-42-13-4-14-52(42)19-25(43)17-42)51-20-26-8-9-27(21-51)53(26)40(55)36(50-46)23-5-10-29(56-2)11-6-23/h1,5-7,10-12,15-16,18,25-27,54H,4,8-9,13-14,17,19-22H2,2H3/t25-,26?,27?,42?/m1/s1. The third-order valence-electron chi connectivity index (χ3n) is 12.0. The number of phenolic OH excluding ortho intramolecular Hbond substituents is 1. The minimum absolute atomic E-state index is 0.0725. The van der Waals surface area contributed by atoms with Gasteiger partial charge in [0.25, 0.3) is 0 Å². The van der Waals surface area contributed by atoms with Gasteiger partial charge in [-0.15, -0.1) is 6.42 Å². The summed E-state index contributed by atoms with van der Waals surface area (Å²) in [5, 5.41) is 11.5. The van der Waals surface area contributed by atoms with Crippen molar-refractivity contribution in [1.82, 2.24) is 24.8 Å². The van der Waals surface area contributed by atoms with Gasteiger partial charge < -0.3 is 29.9 Å². The first-order valence-electron chi connectivity index (χ1n) is 18.9. The van der Waals surface area contributed by atoms with Crippen molar-refractivity contribution in [3.05, 3.63) is 83.0 Å². The number of phenols is 1. The van der Waals surface area contributed by atoms with Gasteiger partial charge in [0.1, 0.15) is 47.1 Å². The number of aromatic nitrogens is 3. The highest BCUT2D eigenvalue weighted by atomic mass is 19.1. The molecule has 2 aromatic heterocycles. The average Bonchev–Trinajstić information content (AvgIpc) is 3.83. The Balaban J connectivity index is 1.11. The van der Waals surface area contributed by atoms with Gasteiger partial charge in [-0.25, -0.2) is 13.2 Å². The van der Waals surface area contributed by atoms with Crippen LogP contribution in [0.25, 0.3) is 38.5 Å². The molecule has 12 nitrogen and oxygen atoms in total. The van der Waals surface area contributed by atoms with Gasteiger partial charge in [-0.3, -0.25) is 14.7 Å². The average molecular weight is 775 g/mol. The lowest BCUT2D eigenvalue weighted by molar-refractivity contribution is -0.131. The van der Waals surface area contributed by atoms with E-state index in [9.17, 15) is 24.2 Å². The second kappa shape index (κ2) is 14.1. The van der Waals surface area contributed by atoms with Gasteiger partial charge in [-0.05, 0) is 80.1 Å². The van der Waals surface area contributed by atoms with Gasteiger partial charge in [0.2, 0.25) is 0 Å². The van der Waals surface area contributed by atoms with Crippen molar-refractivity contribution in [2.24, 2.45) is 0 Å². The van der Waals surface area contributed by atoms with E-state index in [4.69, 9.17) is 20.9 Å². The second-order valence-electron chi connectivity index (χ2n) is 15.2. The second-order valence-corrected chi connectivity index (χ2v) is 15.2. The molecule has 290 valence electrons. The van der Waals surface area contributed by atoms with E-state index in [2.05, 4.69) is 25.6 Å². The number of hydrogen-bond acceptors (Lipinski definition) is 9. The van der Waals surface area contributed by atoms with Crippen LogP contribution in [0.15, 0.2) is 54.7 Å². The summed E-state index contributed by atoms with van der Waals surface area (Å²) in [6, 6.07) is 11.3. The number of rotatable bonds is 8. The highest BCUT2D eigenvalue weighted by Gasteiger charge is 2.50. The molecule has 1 amide bonds. The Bertz CT molecular complexity index is 2550. The summed E-state index contributed by atoms with van der Waals surface area (Å²) in [5.74, 6) is 1.10. The van der Waals surface area contributed by atoms with E-state index in [0.717, 1.165) is 19.4 Å². The zero-order chi connectivity index (χ0) is 39.6. The molecule has 4 saturated heterocycles. The van der Waals surface area contributed by atoms with Crippen LogP contribution in [0, 0.1) is 24.0 Å². The van der Waals surface area contributed by atoms with Crippen LogP contribution in [-0.4, -0.2) is 110 Å². The van der Waals surface area contributed by atoms with Crippen molar-refractivity contribution in [2.45, 2.75) is 55.9 Å². The molecule has 0 aliphatic carbocycles. The number of hydrogen-bond donors (Lipinski definition) is 1. The number of halogens is 3. The lowest BCUT2D eigenvalue weighted by Gasteiger charge is -2.41. The molecular formula is C42H37F3N8O4. The third-order valence-corrected chi connectivity index (χ3v) is 12.0. The van der Waals surface area contributed by atoms with Gasteiger partial charge in [0.05, 0.1) is 41.2 Å². The number of benzene rings is 3. The summed E-state index contributed by atoms with van der Waals surface area (Å²) < 4.78 is 58.3. The van der Waals surface area contributed by atoms with Crippen molar-refractivity contribution in [1.29, 1.82) is 0 Å². The monoisotopic (exact) mass is 774 g/mol. The molecule has 9 rings (SSSR count). The number of piperazine rings is 1. The van der Waals surface area contributed by atoms with Crippen LogP contribution in [0.2, 0.25) is 0 Å². The highest BCUT2D eigenvalue weighted by molar-refractivity contribution is 6.43. The normalized spacial score (nSPS) is 22.8. The molecule has 4 fully saturated rings. The van der Waals surface area contributed by atoms with E-state index in [1.807, 2.05) is 4.90 Å². The Kier molecular flexibility index (Phi) is 8.98. The number of methoxy groups -OCH3 is 1. The number of alkyl halides is 1. The fourth-order valence-electron chi connectivity index (χ4n) is 9.42. The minimum atomic E-state index is -0.987. The first-order chi connectivity index (χ1) is 27.6. The quantitative estimate of drug-likeness (QED) is 0.0914. The van der Waals surface area contributed by atoms with Crippen LogP contribution in [0.5, 0.6) is 17.5 Å². The van der Waals surface area contributed by atoms with Crippen molar-refractivity contribution in [3.8, 4) is 41.1 Å². The number of ether oxygens (including phenoxy) is 2. The van der Waals surface area contributed by atoms with Gasteiger partial charge in [-0.2, -0.15) is 14.8 Å². The van der Waals surface area contributed by atoms with Crippen molar-refractivity contribution < 1.29 is 37.3 Å². The maximum absolute atomic E-state index is 17.1. The first-order valence-corrected chi connectivity index (χ1v) is 18.9. The van der Waals surface area contributed by atoms with Gasteiger partial charge in [0.15, 0.2) is 5.82 Å². The summed E-state index contributed by atoms with van der Waals surface area (Å²) in [6.07, 6.45) is 9.44. The number of anilines is 1. The Morgan fingerprint density at radius 3 is 2.60 bits per heavy atom. The molecule has 57 heavy (non-hydrogen) atoms. The number of terminal acetylenes is 1. The maximum Gasteiger partial charge on any atom is 0.386 e. The number of carbonyl (C=O) groups is 1. The number of nitrogens with zero attached hydrogens (tertiary/aromatic N) is 8. The molecule has 15 heteroatoms. The van der Waals surface area contributed by atoms with Crippen LogP contribution in [-0.2, 0) is 4.79 Å². The predicted molar refractivity (Wildman–Crippen MR) is 205 cm³/mol. The SMILES string of the molecule is C#Cc1c(F)ccc2cc(O)cc(-c3ncc4c(N5CC6CCC(C5)N6C(=O)C(=[N+]=[N-])c5ccc(OC)cc5)nc(OCC56CCCN5C[C@H](F)C6)nc4c3F)c12. The van der Waals surface area contributed by atoms with Crippen molar-refractivity contribution >= 4 is 39.1 Å². The topological polar surface area (TPSA) is 141 Å². The van der Waals surface area contributed by atoms with E-state index in [0.29, 0.717) is 61.4 Å². The fourth-order valence-corrected chi connectivity index (χ4v) is 9.42. The molecular weight excluding hydrogens is 738 g/mol. The summed E-state index contributed by atoms with van der Waals surface area (Å²) in [7, 11) is 1.53. The molecule has 0 spiro atoms. The van der Waals surface area contributed by atoms with Crippen LogP contribution in [0.4, 0.5) is 19.0 Å². The third kappa shape index (κ3) is 6.07. The molecule has 0 radical (unpaired) electrons. The molecule has 2 bridgehead atoms. The number of amides is 1. The predicted octanol–water partition coefficient (Wildman–Crippen LogP) is 5.67. The Labute approximate surface area is 325 Å². The lowest BCUT2D eigenvalue weighted by atomic mass is 9.95. The molecule has 4 aliphatic rings. The Hall–Kier alpha value is -6.23. The lowest BCUT2D eigenvalue weighted by Crippen LogP contribution is -2.57. The number of aromatic hydroxyl groups is 1. The van der Waals surface area contributed by atoms with Crippen LogP contribution < -0.4 is 14.4 Å². The molecule has 3 aromatic carbocycles. The fraction of sp³-hybridized carbons (Fsp3) is 0.357. The molecule has 5 aromatic rings. The zero-order valence-corrected chi connectivity index (χ0v) is 31.0. The summed E-state index contributed by atoms with van der Waals surface area (Å²) in [6.45, 7) is 1.79. The molecule has 3 unspecified atom stereocenters. The zero-order valence-electron chi connectivity index (χ0n) is 31.0. The van der Waals surface area contributed by atoms with Crippen LogP contribution >= 0.6 is 0 Å². The highest BCUT2D eigenvalue weighted by Crippen LogP contribution is 2.43. The molecule has 1 N–H and O–H groups in total. The maximum atomic E-state index is 17.1. The van der Waals surface area contributed by atoms with Gasteiger partial charge in [-0.1, -0.05) is 12.0 Å². The Morgan fingerprint density at radius 2 is 1.88 bits per heavy atom. The van der Waals surface area contributed by atoms with Crippen molar-refractivity contribution in [3.63, 3.8) is 0 Å². The smallest absolute Gasteiger partial charge is 0.386 e. The Morgan fingerprint density at radius 1 is 1.11 bits per heavy atom.